The Kier molecular flexibility index (Phi) is 4.96. The fraction of sp³-hybridized carbons (Fsp3) is 0. The minimum atomic E-state index is 0.616. The van der Waals surface area contributed by atoms with E-state index in [0.717, 1.165) is 66.2 Å². The molecule has 3 aromatic heterocycles. The van der Waals surface area contributed by atoms with Crippen molar-refractivity contribution in [1.29, 1.82) is 0 Å². The van der Waals surface area contributed by atoms with Gasteiger partial charge in [0.05, 0.1) is 11.0 Å². The van der Waals surface area contributed by atoms with Crippen LogP contribution in [0.2, 0.25) is 0 Å². The van der Waals surface area contributed by atoms with Gasteiger partial charge in [0, 0.05) is 44.4 Å². The summed E-state index contributed by atoms with van der Waals surface area (Å²) in [6.45, 7) is 0. The molecule has 0 radical (unpaired) electrons. The summed E-state index contributed by atoms with van der Waals surface area (Å²) in [6.07, 6.45) is 0. The van der Waals surface area contributed by atoms with E-state index in [1.165, 1.54) is 21.8 Å². The number of hydrogen-bond donors (Lipinski definition) is 0. The molecule has 3 heterocycles. The van der Waals surface area contributed by atoms with E-state index < -0.39 is 0 Å². The molecule has 0 saturated carbocycles. The third-order valence-corrected chi connectivity index (χ3v) is 9.03. The second-order valence-corrected chi connectivity index (χ2v) is 11.5. The summed E-state index contributed by atoms with van der Waals surface area (Å²) in [4.78, 5) is 4.83. The Labute approximate surface area is 257 Å². The molecule has 45 heavy (non-hydrogen) atoms. The SMILES string of the molecule is c1ccc(-c2nc3cccc(-c4cc5oc6cc(-n7c8ccccc8c8ccccc87)ccc6c5c5ccccc45)c3o2)cc1. The lowest BCUT2D eigenvalue weighted by Gasteiger charge is -2.09. The predicted octanol–water partition coefficient (Wildman–Crippen LogP) is 11.3. The third-order valence-electron chi connectivity index (χ3n) is 9.03. The van der Waals surface area contributed by atoms with Gasteiger partial charge in [-0.1, -0.05) is 91.0 Å². The zero-order valence-corrected chi connectivity index (χ0v) is 24.1. The second-order valence-electron chi connectivity index (χ2n) is 11.5. The molecule has 10 aromatic rings. The Morgan fingerprint density at radius 2 is 1.16 bits per heavy atom. The fourth-order valence-corrected chi connectivity index (χ4v) is 7.06. The van der Waals surface area contributed by atoms with Crippen molar-refractivity contribution < 1.29 is 8.83 Å². The summed E-state index contributed by atoms with van der Waals surface area (Å²) in [7, 11) is 0. The van der Waals surface area contributed by atoms with Crippen LogP contribution in [0.1, 0.15) is 0 Å². The van der Waals surface area contributed by atoms with Gasteiger partial charge in [0.15, 0.2) is 5.58 Å². The molecule has 0 amide bonds. The van der Waals surface area contributed by atoms with Crippen LogP contribution in [0.5, 0.6) is 0 Å². The van der Waals surface area contributed by atoms with Crippen LogP contribution in [0.15, 0.2) is 154 Å². The molecule has 0 saturated heterocycles. The first kappa shape index (κ1) is 24.3. The Balaban J connectivity index is 1.22. The number of nitrogens with zero attached hydrogens (tertiary/aromatic N) is 2. The smallest absolute Gasteiger partial charge is 0.227 e. The first-order valence-electron chi connectivity index (χ1n) is 15.1. The maximum atomic E-state index is 6.71. The summed E-state index contributed by atoms with van der Waals surface area (Å²) in [5.41, 5.74) is 9.73. The van der Waals surface area contributed by atoms with E-state index >= 15 is 0 Å². The minimum Gasteiger partial charge on any atom is -0.456 e. The van der Waals surface area contributed by atoms with Crippen molar-refractivity contribution in [3.05, 3.63) is 146 Å². The van der Waals surface area contributed by atoms with Gasteiger partial charge in [-0.05, 0) is 64.9 Å². The average Bonchev–Trinajstić information content (AvgIpc) is 3.80. The summed E-state index contributed by atoms with van der Waals surface area (Å²) >= 11 is 0. The van der Waals surface area contributed by atoms with Gasteiger partial charge < -0.3 is 13.4 Å². The zero-order valence-electron chi connectivity index (χ0n) is 24.1. The van der Waals surface area contributed by atoms with Crippen LogP contribution in [-0.2, 0) is 0 Å². The Hall–Kier alpha value is -6.13. The number of para-hydroxylation sites is 3. The highest BCUT2D eigenvalue weighted by molar-refractivity contribution is 6.23. The third kappa shape index (κ3) is 3.51. The maximum absolute atomic E-state index is 6.71. The van der Waals surface area contributed by atoms with Crippen LogP contribution >= 0.6 is 0 Å². The van der Waals surface area contributed by atoms with Crippen molar-refractivity contribution >= 4 is 65.6 Å². The topological polar surface area (TPSA) is 44.1 Å². The van der Waals surface area contributed by atoms with Crippen molar-refractivity contribution in [3.63, 3.8) is 0 Å². The van der Waals surface area contributed by atoms with Gasteiger partial charge in [0.2, 0.25) is 5.89 Å². The molecule has 4 heteroatoms. The number of rotatable bonds is 3. The minimum absolute atomic E-state index is 0.616. The highest BCUT2D eigenvalue weighted by Gasteiger charge is 2.20. The van der Waals surface area contributed by atoms with E-state index in [4.69, 9.17) is 13.8 Å². The van der Waals surface area contributed by atoms with Crippen LogP contribution < -0.4 is 0 Å². The van der Waals surface area contributed by atoms with Gasteiger partial charge in [0.25, 0.3) is 0 Å². The largest absolute Gasteiger partial charge is 0.456 e. The van der Waals surface area contributed by atoms with Crippen molar-refractivity contribution in [2.75, 3.05) is 0 Å². The first-order chi connectivity index (χ1) is 22.3. The van der Waals surface area contributed by atoms with Gasteiger partial charge in [-0.3, -0.25) is 0 Å². The molecule has 0 aliphatic heterocycles. The summed E-state index contributed by atoms with van der Waals surface area (Å²) in [5.74, 6) is 0.616. The number of fused-ring (bicyclic) bond motifs is 9. The van der Waals surface area contributed by atoms with Gasteiger partial charge in [-0.2, -0.15) is 0 Å². The highest BCUT2D eigenvalue weighted by Crippen LogP contribution is 2.43. The number of benzene rings is 7. The van der Waals surface area contributed by atoms with E-state index in [2.05, 4.69) is 108 Å². The lowest BCUT2D eigenvalue weighted by molar-refractivity contribution is 0.621. The van der Waals surface area contributed by atoms with Gasteiger partial charge in [-0.25, -0.2) is 4.98 Å². The quantitative estimate of drug-likeness (QED) is 0.210. The lowest BCUT2D eigenvalue weighted by Crippen LogP contribution is -1.93. The first-order valence-corrected chi connectivity index (χ1v) is 15.1. The van der Waals surface area contributed by atoms with E-state index in [1.54, 1.807) is 0 Å². The average molecular weight is 577 g/mol. The molecule has 0 fully saturated rings. The normalized spacial score (nSPS) is 12.0. The predicted molar refractivity (Wildman–Crippen MR) is 184 cm³/mol. The van der Waals surface area contributed by atoms with Gasteiger partial charge in [-0.15, -0.1) is 0 Å². The zero-order chi connectivity index (χ0) is 29.5. The number of hydrogen-bond acceptors (Lipinski definition) is 3. The van der Waals surface area contributed by atoms with Crippen LogP contribution in [-0.4, -0.2) is 9.55 Å². The number of aromatic nitrogens is 2. The highest BCUT2D eigenvalue weighted by atomic mass is 16.3. The van der Waals surface area contributed by atoms with Crippen LogP contribution in [0.4, 0.5) is 0 Å². The van der Waals surface area contributed by atoms with Crippen molar-refractivity contribution in [2.24, 2.45) is 0 Å². The monoisotopic (exact) mass is 576 g/mol. The molecule has 4 nitrogen and oxygen atoms in total. The molecular weight excluding hydrogens is 552 g/mol. The molecule has 10 rings (SSSR count). The molecule has 0 unspecified atom stereocenters. The maximum Gasteiger partial charge on any atom is 0.227 e. The summed E-state index contributed by atoms with van der Waals surface area (Å²) in [5, 5.41) is 6.99. The molecule has 210 valence electrons. The van der Waals surface area contributed by atoms with E-state index in [0.29, 0.717) is 5.89 Å². The van der Waals surface area contributed by atoms with E-state index in [1.807, 2.05) is 42.5 Å². The van der Waals surface area contributed by atoms with Crippen LogP contribution in [0, 0.1) is 0 Å². The number of oxazole rings is 1. The Morgan fingerprint density at radius 1 is 0.467 bits per heavy atom. The van der Waals surface area contributed by atoms with Crippen LogP contribution in [0.3, 0.4) is 0 Å². The molecule has 0 bridgehead atoms. The van der Waals surface area contributed by atoms with Gasteiger partial charge in [0.1, 0.15) is 16.7 Å². The second kappa shape index (κ2) is 9.18. The van der Waals surface area contributed by atoms with Crippen molar-refractivity contribution in [1.82, 2.24) is 9.55 Å². The lowest BCUT2D eigenvalue weighted by atomic mass is 9.94. The summed E-state index contributed by atoms with van der Waals surface area (Å²) in [6, 6.07) is 50.7. The molecular formula is C41H24N2O2. The van der Waals surface area contributed by atoms with Crippen molar-refractivity contribution in [2.45, 2.75) is 0 Å². The van der Waals surface area contributed by atoms with Crippen LogP contribution in [0.25, 0.3) is 93.9 Å². The standard InChI is InChI=1S/C41H24N2O2/c1-2-11-25(12-3-1)41-42-34-18-10-17-31(40(34)45-41)33-24-38-39(30-16-5-4-13-27(30)33)32-22-21-26(23-37(32)44-38)43-35-19-8-6-14-28(35)29-15-7-9-20-36(29)43/h1-24H. The molecule has 7 aromatic carbocycles. The fourth-order valence-electron chi connectivity index (χ4n) is 7.06. The van der Waals surface area contributed by atoms with Crippen molar-refractivity contribution in [3.8, 4) is 28.3 Å². The molecule has 0 N–H and O–H groups in total. The van der Waals surface area contributed by atoms with E-state index in [-0.39, 0.29) is 0 Å². The summed E-state index contributed by atoms with van der Waals surface area (Å²) < 4.78 is 15.5. The molecule has 0 aliphatic rings. The van der Waals surface area contributed by atoms with Gasteiger partial charge >= 0.3 is 0 Å². The Morgan fingerprint density at radius 3 is 1.93 bits per heavy atom. The van der Waals surface area contributed by atoms with E-state index in [9.17, 15) is 0 Å². The molecule has 0 aliphatic carbocycles. The molecule has 0 atom stereocenters. The Bertz CT molecular complexity index is 2710. The number of furan rings is 1. The molecule has 0 spiro atoms.